The van der Waals surface area contributed by atoms with Gasteiger partial charge in [0.15, 0.2) is 11.5 Å². The molecule has 30 heavy (non-hydrogen) atoms. The lowest BCUT2D eigenvalue weighted by Gasteiger charge is -2.43. The molecule has 0 heterocycles. The lowest BCUT2D eigenvalue weighted by molar-refractivity contribution is -0.384. The van der Waals surface area contributed by atoms with Crippen LogP contribution in [0.15, 0.2) is 42.5 Å². The van der Waals surface area contributed by atoms with Crippen LogP contribution in [-0.2, 0) is 5.41 Å². The smallest absolute Gasteiger partial charge is 0.270 e. The first-order valence-electron chi connectivity index (χ1n) is 10.4. The Bertz CT molecular complexity index is 996. The Morgan fingerprint density at radius 1 is 1.13 bits per heavy atom. The molecule has 0 unspecified atom stereocenters. The molecule has 0 aromatic heterocycles. The Hall–Kier alpha value is -3.04. The van der Waals surface area contributed by atoms with Crippen LogP contribution in [0.1, 0.15) is 49.7 Å². The molecule has 2 aliphatic rings. The van der Waals surface area contributed by atoms with Crippen molar-refractivity contribution in [3.8, 4) is 23.3 Å². The van der Waals surface area contributed by atoms with Crippen molar-refractivity contribution in [2.75, 3.05) is 7.11 Å². The molecular weight excluding hydrogens is 380 g/mol. The van der Waals surface area contributed by atoms with Crippen LogP contribution in [0.2, 0.25) is 0 Å². The molecule has 156 valence electrons. The minimum atomic E-state index is -0.406. The number of nitro groups is 1. The quantitative estimate of drug-likeness (QED) is 0.453. The first-order valence-corrected chi connectivity index (χ1v) is 10.4. The van der Waals surface area contributed by atoms with Gasteiger partial charge in [-0.05, 0) is 62.3 Å². The predicted molar refractivity (Wildman–Crippen MR) is 115 cm³/mol. The number of hydrogen-bond acceptors (Lipinski definition) is 5. The fraction of sp³-hybridized carbons (Fsp3) is 0.417. The second-order valence-electron chi connectivity index (χ2n) is 8.20. The molecule has 6 heteroatoms. The van der Waals surface area contributed by atoms with E-state index in [9.17, 15) is 10.1 Å². The lowest BCUT2D eigenvalue weighted by Crippen LogP contribution is -2.48. The molecule has 2 fully saturated rings. The molecule has 2 N–H and O–H groups in total. The third-order valence-corrected chi connectivity index (χ3v) is 6.04. The summed E-state index contributed by atoms with van der Waals surface area (Å²) < 4.78 is 11.8. The zero-order valence-corrected chi connectivity index (χ0v) is 17.1. The normalized spacial score (nSPS) is 23.2. The maximum atomic E-state index is 11.0. The zero-order chi connectivity index (χ0) is 21.1. The summed E-state index contributed by atoms with van der Waals surface area (Å²) in [5.41, 5.74) is 7.47. The standard InChI is InChI=1S/C24H26N2O4/c1-29-22-10-9-18(14-23(22)30-21-7-2-3-8-21)24(15-19(25)16-24)12-11-17-5-4-6-20(13-17)26(27)28/h4-6,9-10,13-14,19,21H,2-3,7-8,15-16,25H2,1H3/t19-,24+. The summed E-state index contributed by atoms with van der Waals surface area (Å²) in [5, 5.41) is 11.0. The van der Waals surface area contributed by atoms with Crippen LogP contribution >= 0.6 is 0 Å². The van der Waals surface area contributed by atoms with Gasteiger partial charge in [0.25, 0.3) is 5.69 Å². The lowest BCUT2D eigenvalue weighted by atomic mass is 9.62. The number of nitrogens with two attached hydrogens (primary N) is 1. The monoisotopic (exact) mass is 406 g/mol. The van der Waals surface area contributed by atoms with E-state index in [2.05, 4.69) is 11.8 Å². The maximum Gasteiger partial charge on any atom is 0.270 e. The molecule has 2 aromatic rings. The van der Waals surface area contributed by atoms with Gasteiger partial charge >= 0.3 is 0 Å². The topological polar surface area (TPSA) is 87.6 Å². The largest absolute Gasteiger partial charge is 0.493 e. The minimum Gasteiger partial charge on any atom is -0.493 e. The van der Waals surface area contributed by atoms with Crippen LogP contribution in [0.5, 0.6) is 11.5 Å². The van der Waals surface area contributed by atoms with E-state index < -0.39 is 4.92 Å². The van der Waals surface area contributed by atoms with Gasteiger partial charge in [0.05, 0.1) is 23.6 Å². The molecule has 2 saturated carbocycles. The van der Waals surface area contributed by atoms with E-state index in [1.54, 1.807) is 19.2 Å². The zero-order valence-electron chi connectivity index (χ0n) is 17.1. The van der Waals surface area contributed by atoms with Gasteiger partial charge in [-0.15, -0.1) is 0 Å². The number of non-ortho nitro benzene ring substituents is 1. The third kappa shape index (κ3) is 4.12. The van der Waals surface area contributed by atoms with Crippen LogP contribution < -0.4 is 15.2 Å². The molecule has 2 aliphatic carbocycles. The van der Waals surface area contributed by atoms with E-state index >= 15 is 0 Å². The first kappa shape index (κ1) is 20.2. The van der Waals surface area contributed by atoms with Crippen LogP contribution in [0, 0.1) is 22.0 Å². The van der Waals surface area contributed by atoms with Crippen molar-refractivity contribution in [3.05, 3.63) is 63.7 Å². The number of ether oxygens (including phenoxy) is 2. The SMILES string of the molecule is COc1ccc([C@]2(C#Cc3cccc([N+](=O)[O-])c3)C[C@H](N)C2)cc1OC1CCCC1. The number of nitrogens with zero attached hydrogens (tertiary/aromatic N) is 1. The van der Waals surface area contributed by atoms with Crippen molar-refractivity contribution in [1.82, 2.24) is 0 Å². The molecule has 2 aromatic carbocycles. The number of hydrogen-bond donors (Lipinski definition) is 1. The molecule has 0 atom stereocenters. The highest BCUT2D eigenvalue weighted by atomic mass is 16.6. The van der Waals surface area contributed by atoms with Gasteiger partial charge < -0.3 is 15.2 Å². The summed E-state index contributed by atoms with van der Waals surface area (Å²) >= 11 is 0. The molecule has 0 bridgehead atoms. The van der Waals surface area contributed by atoms with Crippen molar-refractivity contribution in [2.45, 2.75) is 56.1 Å². The van der Waals surface area contributed by atoms with Gasteiger partial charge in [-0.25, -0.2) is 0 Å². The van der Waals surface area contributed by atoms with Gasteiger partial charge in [-0.3, -0.25) is 10.1 Å². The van der Waals surface area contributed by atoms with Gasteiger partial charge in [-0.1, -0.05) is 24.0 Å². The number of benzene rings is 2. The Morgan fingerprint density at radius 2 is 1.90 bits per heavy atom. The predicted octanol–water partition coefficient (Wildman–Crippen LogP) is 4.34. The van der Waals surface area contributed by atoms with E-state index in [1.807, 2.05) is 18.2 Å². The van der Waals surface area contributed by atoms with E-state index in [1.165, 1.54) is 25.0 Å². The van der Waals surface area contributed by atoms with Crippen molar-refractivity contribution in [3.63, 3.8) is 0 Å². The van der Waals surface area contributed by atoms with Crippen LogP contribution in [-0.4, -0.2) is 24.2 Å². The van der Waals surface area contributed by atoms with E-state index in [4.69, 9.17) is 15.2 Å². The number of methoxy groups -OCH3 is 1. The van der Waals surface area contributed by atoms with Gasteiger partial charge in [0.2, 0.25) is 0 Å². The molecule has 4 rings (SSSR count). The average molecular weight is 406 g/mol. The van der Waals surface area contributed by atoms with Crippen LogP contribution in [0.25, 0.3) is 0 Å². The molecule has 0 aliphatic heterocycles. The van der Waals surface area contributed by atoms with Gasteiger partial charge in [0.1, 0.15) is 0 Å². The van der Waals surface area contributed by atoms with E-state index in [0.717, 1.165) is 42.7 Å². The molecule has 0 saturated heterocycles. The van der Waals surface area contributed by atoms with Crippen molar-refractivity contribution in [1.29, 1.82) is 0 Å². The molecular formula is C24H26N2O4. The van der Waals surface area contributed by atoms with E-state index in [-0.39, 0.29) is 23.2 Å². The minimum absolute atomic E-state index is 0.0397. The summed E-state index contributed by atoms with van der Waals surface area (Å²) in [6.07, 6.45) is 6.23. The van der Waals surface area contributed by atoms with Gasteiger partial charge in [-0.2, -0.15) is 0 Å². The Kier molecular flexibility index (Phi) is 5.65. The summed E-state index contributed by atoms with van der Waals surface area (Å²) in [6, 6.07) is 12.5. The molecule has 0 spiro atoms. The van der Waals surface area contributed by atoms with Crippen molar-refractivity contribution < 1.29 is 14.4 Å². The highest BCUT2D eigenvalue weighted by Crippen LogP contribution is 2.45. The highest BCUT2D eigenvalue weighted by Gasteiger charge is 2.43. The fourth-order valence-corrected chi connectivity index (χ4v) is 4.39. The van der Waals surface area contributed by atoms with Crippen molar-refractivity contribution >= 4 is 5.69 Å². The number of rotatable bonds is 5. The summed E-state index contributed by atoms with van der Waals surface area (Å²) in [6.45, 7) is 0. The van der Waals surface area contributed by atoms with Crippen molar-refractivity contribution in [2.24, 2.45) is 5.73 Å². The Balaban J connectivity index is 1.66. The first-order chi connectivity index (χ1) is 14.5. The Labute approximate surface area is 176 Å². The van der Waals surface area contributed by atoms with E-state index in [0.29, 0.717) is 5.56 Å². The fourth-order valence-electron chi connectivity index (χ4n) is 4.39. The Morgan fingerprint density at radius 3 is 2.57 bits per heavy atom. The highest BCUT2D eigenvalue weighted by molar-refractivity contribution is 5.52. The van der Waals surface area contributed by atoms with Crippen LogP contribution in [0.3, 0.4) is 0 Å². The molecule has 0 radical (unpaired) electrons. The summed E-state index contributed by atoms with van der Waals surface area (Å²) in [5.74, 6) is 7.98. The van der Waals surface area contributed by atoms with Gasteiger partial charge in [0, 0.05) is 23.7 Å². The average Bonchev–Trinajstić information content (AvgIpc) is 3.23. The summed E-state index contributed by atoms with van der Waals surface area (Å²) in [7, 11) is 1.65. The van der Waals surface area contributed by atoms with Crippen LogP contribution in [0.4, 0.5) is 5.69 Å². The summed E-state index contributed by atoms with van der Waals surface area (Å²) in [4.78, 5) is 10.6. The molecule has 0 amide bonds. The maximum absolute atomic E-state index is 11.0. The second kappa shape index (κ2) is 8.37. The molecule has 6 nitrogen and oxygen atoms in total. The number of nitro benzene ring substituents is 1. The second-order valence-corrected chi connectivity index (χ2v) is 8.20. The third-order valence-electron chi connectivity index (χ3n) is 6.04.